The number of hydrogen-bond acceptors (Lipinski definition) is 3. The molecule has 0 aliphatic rings. The lowest BCUT2D eigenvalue weighted by molar-refractivity contribution is -0.111. The minimum Gasteiger partial charge on any atom is -0.497 e. The second-order valence-electron chi connectivity index (χ2n) is 4.80. The first kappa shape index (κ1) is 15.6. The van der Waals surface area contributed by atoms with Crippen molar-refractivity contribution in [3.63, 3.8) is 0 Å². The summed E-state index contributed by atoms with van der Waals surface area (Å²) < 4.78 is 10.4. The summed E-state index contributed by atoms with van der Waals surface area (Å²) in [5.41, 5.74) is 2.70. The third-order valence-corrected chi connectivity index (χ3v) is 3.13. The normalized spacial score (nSPS) is 10.5. The van der Waals surface area contributed by atoms with Gasteiger partial charge in [0, 0.05) is 12.1 Å². The lowest BCUT2D eigenvalue weighted by atomic mass is 10.1. The van der Waals surface area contributed by atoms with E-state index in [-0.39, 0.29) is 5.91 Å². The van der Waals surface area contributed by atoms with Gasteiger partial charge in [-0.3, -0.25) is 4.79 Å². The van der Waals surface area contributed by atoms with Crippen LogP contribution in [0.15, 0.2) is 48.5 Å². The van der Waals surface area contributed by atoms with E-state index in [0.717, 1.165) is 11.1 Å². The lowest BCUT2D eigenvalue weighted by Crippen LogP contribution is -2.09. The summed E-state index contributed by atoms with van der Waals surface area (Å²) in [6, 6.07) is 13.2. The van der Waals surface area contributed by atoms with E-state index >= 15 is 0 Å². The first-order chi connectivity index (χ1) is 10.6. The molecule has 0 aliphatic heterocycles. The highest BCUT2D eigenvalue weighted by molar-refractivity contribution is 6.02. The molecule has 0 saturated carbocycles. The van der Waals surface area contributed by atoms with Crippen LogP contribution in [0.2, 0.25) is 0 Å². The number of carbonyl (C=O) groups is 1. The van der Waals surface area contributed by atoms with Gasteiger partial charge in [0.2, 0.25) is 5.91 Å². The molecule has 0 unspecified atom stereocenters. The zero-order valence-electron chi connectivity index (χ0n) is 12.9. The van der Waals surface area contributed by atoms with Crippen LogP contribution in [0.5, 0.6) is 11.5 Å². The van der Waals surface area contributed by atoms with Crippen LogP contribution in [0.3, 0.4) is 0 Å². The number of ether oxygens (including phenoxy) is 2. The molecule has 114 valence electrons. The standard InChI is InChI=1S/C18H19NO3/c1-13-5-4-6-14(11-13)7-10-18(20)19-16-12-15(21-2)8-9-17(16)22-3/h4-12H,1-3H3,(H,19,20). The first-order valence-corrected chi connectivity index (χ1v) is 6.90. The van der Waals surface area contributed by atoms with Gasteiger partial charge in [-0.25, -0.2) is 0 Å². The molecular weight excluding hydrogens is 278 g/mol. The zero-order valence-corrected chi connectivity index (χ0v) is 12.9. The third-order valence-electron chi connectivity index (χ3n) is 3.13. The van der Waals surface area contributed by atoms with Crippen LogP contribution in [0.1, 0.15) is 11.1 Å². The number of benzene rings is 2. The summed E-state index contributed by atoms with van der Waals surface area (Å²) in [5, 5.41) is 2.79. The molecule has 0 atom stereocenters. The minimum absolute atomic E-state index is 0.229. The number of carbonyl (C=O) groups excluding carboxylic acids is 1. The zero-order chi connectivity index (χ0) is 15.9. The van der Waals surface area contributed by atoms with Gasteiger partial charge in [0.25, 0.3) is 0 Å². The predicted molar refractivity (Wildman–Crippen MR) is 88.4 cm³/mol. The average molecular weight is 297 g/mol. The Morgan fingerprint density at radius 1 is 1.09 bits per heavy atom. The highest BCUT2D eigenvalue weighted by atomic mass is 16.5. The van der Waals surface area contributed by atoms with Crippen molar-refractivity contribution in [1.29, 1.82) is 0 Å². The molecule has 1 amide bonds. The van der Waals surface area contributed by atoms with E-state index in [1.54, 1.807) is 38.5 Å². The van der Waals surface area contributed by atoms with Crippen molar-refractivity contribution in [3.05, 3.63) is 59.7 Å². The van der Waals surface area contributed by atoms with Crippen molar-refractivity contribution in [1.82, 2.24) is 0 Å². The number of amides is 1. The largest absolute Gasteiger partial charge is 0.497 e. The number of methoxy groups -OCH3 is 2. The first-order valence-electron chi connectivity index (χ1n) is 6.90. The molecule has 0 aromatic heterocycles. The van der Waals surface area contributed by atoms with Gasteiger partial charge in [-0.15, -0.1) is 0 Å². The summed E-state index contributed by atoms with van der Waals surface area (Å²) in [6.07, 6.45) is 3.27. The topological polar surface area (TPSA) is 47.6 Å². The molecule has 0 saturated heterocycles. The molecule has 0 heterocycles. The molecule has 4 nitrogen and oxygen atoms in total. The molecule has 2 aromatic carbocycles. The van der Waals surface area contributed by atoms with E-state index in [4.69, 9.17) is 9.47 Å². The smallest absolute Gasteiger partial charge is 0.248 e. The lowest BCUT2D eigenvalue weighted by Gasteiger charge is -2.10. The van der Waals surface area contributed by atoms with Crippen LogP contribution < -0.4 is 14.8 Å². The third kappa shape index (κ3) is 4.12. The highest BCUT2D eigenvalue weighted by Crippen LogP contribution is 2.28. The van der Waals surface area contributed by atoms with E-state index in [1.807, 2.05) is 31.2 Å². The molecule has 22 heavy (non-hydrogen) atoms. The van der Waals surface area contributed by atoms with Gasteiger partial charge >= 0.3 is 0 Å². The van der Waals surface area contributed by atoms with Crippen LogP contribution in [-0.4, -0.2) is 20.1 Å². The molecule has 0 fully saturated rings. The van der Waals surface area contributed by atoms with Crippen LogP contribution in [0, 0.1) is 6.92 Å². The number of anilines is 1. The molecule has 0 radical (unpaired) electrons. The van der Waals surface area contributed by atoms with Crippen LogP contribution >= 0.6 is 0 Å². The number of aryl methyl sites for hydroxylation is 1. The Bertz CT molecular complexity index is 692. The minimum atomic E-state index is -0.229. The monoisotopic (exact) mass is 297 g/mol. The summed E-state index contributed by atoms with van der Waals surface area (Å²) in [4.78, 5) is 12.0. The Morgan fingerprint density at radius 2 is 1.91 bits per heavy atom. The van der Waals surface area contributed by atoms with E-state index in [2.05, 4.69) is 5.32 Å². The van der Waals surface area contributed by atoms with Crippen molar-refractivity contribution in [2.45, 2.75) is 6.92 Å². The van der Waals surface area contributed by atoms with Gasteiger partial charge in [0.05, 0.1) is 19.9 Å². The summed E-state index contributed by atoms with van der Waals surface area (Å²) >= 11 is 0. The fourth-order valence-electron chi connectivity index (χ4n) is 2.03. The molecule has 1 N–H and O–H groups in total. The molecule has 0 spiro atoms. The molecule has 0 bridgehead atoms. The Balaban J connectivity index is 2.11. The second kappa shape index (κ2) is 7.31. The van der Waals surface area contributed by atoms with Gasteiger partial charge in [0.1, 0.15) is 11.5 Å². The summed E-state index contributed by atoms with van der Waals surface area (Å²) in [7, 11) is 3.13. The molecule has 2 aromatic rings. The fraction of sp³-hybridized carbons (Fsp3) is 0.167. The summed E-state index contributed by atoms with van der Waals surface area (Å²) in [5.74, 6) is 1.00. The van der Waals surface area contributed by atoms with Crippen molar-refractivity contribution in [3.8, 4) is 11.5 Å². The van der Waals surface area contributed by atoms with E-state index in [9.17, 15) is 4.79 Å². The molecule has 4 heteroatoms. The van der Waals surface area contributed by atoms with Gasteiger partial charge < -0.3 is 14.8 Å². The maximum atomic E-state index is 12.0. The second-order valence-corrected chi connectivity index (χ2v) is 4.80. The SMILES string of the molecule is COc1ccc(OC)c(NC(=O)C=Cc2cccc(C)c2)c1. The quantitative estimate of drug-likeness (QED) is 0.857. The molecule has 2 rings (SSSR count). The molecule has 0 aliphatic carbocycles. The Kier molecular flexibility index (Phi) is 5.20. The van der Waals surface area contributed by atoms with Crippen molar-refractivity contribution in [2.24, 2.45) is 0 Å². The fourth-order valence-corrected chi connectivity index (χ4v) is 2.03. The van der Waals surface area contributed by atoms with E-state index in [1.165, 1.54) is 6.08 Å². The van der Waals surface area contributed by atoms with Gasteiger partial charge in [-0.1, -0.05) is 29.8 Å². The van der Waals surface area contributed by atoms with Crippen molar-refractivity contribution in [2.75, 3.05) is 19.5 Å². The summed E-state index contributed by atoms with van der Waals surface area (Å²) in [6.45, 7) is 2.01. The maximum Gasteiger partial charge on any atom is 0.248 e. The van der Waals surface area contributed by atoms with Gasteiger partial charge in [-0.2, -0.15) is 0 Å². The van der Waals surface area contributed by atoms with E-state index in [0.29, 0.717) is 17.2 Å². The predicted octanol–water partition coefficient (Wildman–Crippen LogP) is 3.66. The highest BCUT2D eigenvalue weighted by Gasteiger charge is 2.07. The Hall–Kier alpha value is -2.75. The van der Waals surface area contributed by atoms with E-state index < -0.39 is 0 Å². The number of nitrogens with one attached hydrogen (secondary N) is 1. The number of hydrogen-bond donors (Lipinski definition) is 1. The maximum absolute atomic E-state index is 12.0. The van der Waals surface area contributed by atoms with Crippen LogP contribution in [-0.2, 0) is 4.79 Å². The Labute approximate surface area is 130 Å². The van der Waals surface area contributed by atoms with Gasteiger partial charge in [-0.05, 0) is 30.7 Å². The van der Waals surface area contributed by atoms with Crippen molar-refractivity contribution < 1.29 is 14.3 Å². The Morgan fingerprint density at radius 3 is 2.59 bits per heavy atom. The molecular formula is C18H19NO3. The average Bonchev–Trinajstić information content (AvgIpc) is 2.53. The number of rotatable bonds is 5. The van der Waals surface area contributed by atoms with Crippen LogP contribution in [0.4, 0.5) is 5.69 Å². The van der Waals surface area contributed by atoms with Gasteiger partial charge in [0.15, 0.2) is 0 Å². The van der Waals surface area contributed by atoms with Crippen LogP contribution in [0.25, 0.3) is 6.08 Å². The van der Waals surface area contributed by atoms with Crippen molar-refractivity contribution >= 4 is 17.7 Å².